The fourth-order valence-corrected chi connectivity index (χ4v) is 3.50. The molecular formula is C21H25ClN2O. The zero-order chi connectivity index (χ0) is 17.7. The number of halogens is 1. The predicted octanol–water partition coefficient (Wildman–Crippen LogP) is 5.36. The minimum absolute atomic E-state index is 0.130. The lowest BCUT2D eigenvalue weighted by Crippen LogP contribution is -2.48. The molecule has 1 saturated carbocycles. The first kappa shape index (κ1) is 18.0. The van der Waals surface area contributed by atoms with Gasteiger partial charge in [-0.3, -0.25) is 4.79 Å². The average Bonchev–Trinajstić information content (AvgIpc) is 2.58. The smallest absolute Gasteiger partial charge is 0.255 e. The van der Waals surface area contributed by atoms with Gasteiger partial charge in [-0.1, -0.05) is 43.1 Å². The molecule has 1 amide bonds. The quantitative estimate of drug-likeness (QED) is 0.655. The molecule has 25 heavy (non-hydrogen) atoms. The topological polar surface area (TPSA) is 41.1 Å². The maximum Gasteiger partial charge on any atom is 0.255 e. The Morgan fingerprint density at radius 1 is 1.16 bits per heavy atom. The van der Waals surface area contributed by atoms with Crippen LogP contribution in [0.4, 0.5) is 5.69 Å². The van der Waals surface area contributed by atoms with E-state index in [4.69, 9.17) is 11.6 Å². The molecule has 1 aliphatic carbocycles. The lowest BCUT2D eigenvalue weighted by molar-refractivity contribution is 0.102. The summed E-state index contributed by atoms with van der Waals surface area (Å²) in [6.45, 7) is 3.27. The number of hydrogen-bond donors (Lipinski definition) is 2. The number of benzene rings is 2. The molecule has 3 rings (SSSR count). The predicted molar refractivity (Wildman–Crippen MR) is 104 cm³/mol. The van der Waals surface area contributed by atoms with E-state index in [1.165, 1.54) is 37.7 Å². The minimum Gasteiger partial charge on any atom is -0.322 e. The molecule has 0 saturated heterocycles. The fourth-order valence-electron chi connectivity index (χ4n) is 3.31. The van der Waals surface area contributed by atoms with E-state index in [0.29, 0.717) is 10.6 Å². The number of amides is 1. The Hall–Kier alpha value is -1.84. The highest BCUT2D eigenvalue weighted by molar-refractivity contribution is 6.31. The van der Waals surface area contributed by atoms with Gasteiger partial charge in [-0.15, -0.1) is 0 Å². The molecule has 0 radical (unpaired) electrons. The van der Waals surface area contributed by atoms with Crippen molar-refractivity contribution in [1.29, 1.82) is 0 Å². The molecule has 4 heteroatoms. The summed E-state index contributed by atoms with van der Waals surface area (Å²) in [5.74, 6) is -0.144. The third kappa shape index (κ3) is 4.23. The monoisotopic (exact) mass is 356 g/mol. The molecule has 0 unspecified atom stereocenters. The molecular weight excluding hydrogens is 332 g/mol. The van der Waals surface area contributed by atoms with Gasteiger partial charge in [-0.05, 0) is 68.1 Å². The van der Waals surface area contributed by atoms with Gasteiger partial charge in [-0.25, -0.2) is 0 Å². The van der Waals surface area contributed by atoms with E-state index in [1.54, 1.807) is 24.3 Å². The Morgan fingerprint density at radius 3 is 2.52 bits per heavy atom. The number of carbonyl (C=O) groups is 1. The summed E-state index contributed by atoms with van der Waals surface area (Å²) in [6, 6.07) is 15.2. The number of hydrogen-bond acceptors (Lipinski definition) is 2. The van der Waals surface area contributed by atoms with Gasteiger partial charge in [0, 0.05) is 21.8 Å². The number of rotatable bonds is 7. The van der Waals surface area contributed by atoms with Crippen molar-refractivity contribution in [3.8, 4) is 0 Å². The fraction of sp³-hybridized carbons (Fsp3) is 0.381. The first-order valence-corrected chi connectivity index (χ1v) is 9.43. The van der Waals surface area contributed by atoms with Gasteiger partial charge in [-0.2, -0.15) is 0 Å². The molecule has 0 heterocycles. The van der Waals surface area contributed by atoms with Crippen LogP contribution in [0.25, 0.3) is 0 Å². The molecule has 0 aromatic heterocycles. The molecule has 0 aliphatic heterocycles. The van der Waals surface area contributed by atoms with Gasteiger partial charge in [0.25, 0.3) is 5.91 Å². The van der Waals surface area contributed by atoms with Gasteiger partial charge in [0.2, 0.25) is 0 Å². The van der Waals surface area contributed by atoms with Crippen LogP contribution in [0.3, 0.4) is 0 Å². The van der Waals surface area contributed by atoms with E-state index < -0.39 is 0 Å². The van der Waals surface area contributed by atoms with E-state index in [9.17, 15) is 4.79 Å². The Morgan fingerprint density at radius 2 is 1.92 bits per heavy atom. The van der Waals surface area contributed by atoms with Gasteiger partial charge >= 0.3 is 0 Å². The Balaban J connectivity index is 1.66. The van der Waals surface area contributed by atoms with Gasteiger partial charge < -0.3 is 10.6 Å². The van der Waals surface area contributed by atoms with E-state index >= 15 is 0 Å². The molecule has 2 aromatic carbocycles. The van der Waals surface area contributed by atoms with Crippen LogP contribution in [0.15, 0.2) is 48.5 Å². The average molecular weight is 357 g/mol. The summed E-state index contributed by atoms with van der Waals surface area (Å²) >= 11 is 5.95. The Kier molecular flexibility index (Phi) is 5.77. The van der Waals surface area contributed by atoms with E-state index in [0.717, 1.165) is 12.2 Å². The SMILES string of the molecule is CCCCNC1(c2ccc(NC(=O)c3cccc(Cl)c3)cc2)CCC1. The summed E-state index contributed by atoms with van der Waals surface area (Å²) < 4.78 is 0. The van der Waals surface area contributed by atoms with Crippen molar-refractivity contribution in [2.45, 2.75) is 44.6 Å². The molecule has 1 fully saturated rings. The van der Waals surface area contributed by atoms with Crippen molar-refractivity contribution in [3.63, 3.8) is 0 Å². The highest BCUT2D eigenvalue weighted by Gasteiger charge is 2.37. The second kappa shape index (κ2) is 8.03. The zero-order valence-electron chi connectivity index (χ0n) is 14.6. The van der Waals surface area contributed by atoms with Crippen LogP contribution in [0.1, 0.15) is 54.9 Å². The van der Waals surface area contributed by atoms with Crippen molar-refractivity contribution in [3.05, 3.63) is 64.7 Å². The first-order chi connectivity index (χ1) is 12.1. The summed E-state index contributed by atoms with van der Waals surface area (Å²) in [6.07, 6.45) is 6.05. The Labute approximate surface area is 154 Å². The molecule has 0 spiro atoms. The molecule has 3 nitrogen and oxygen atoms in total. The van der Waals surface area contributed by atoms with Gasteiger partial charge in [0.05, 0.1) is 0 Å². The van der Waals surface area contributed by atoms with Crippen LogP contribution >= 0.6 is 11.6 Å². The first-order valence-electron chi connectivity index (χ1n) is 9.05. The summed E-state index contributed by atoms with van der Waals surface area (Å²) in [5.41, 5.74) is 2.81. The van der Waals surface area contributed by atoms with Crippen molar-refractivity contribution >= 4 is 23.2 Å². The summed E-state index contributed by atoms with van der Waals surface area (Å²) in [4.78, 5) is 12.3. The molecule has 1 aliphatic rings. The maximum atomic E-state index is 12.3. The summed E-state index contributed by atoms with van der Waals surface area (Å²) in [5, 5.41) is 7.24. The van der Waals surface area contributed by atoms with Crippen molar-refractivity contribution < 1.29 is 4.79 Å². The van der Waals surface area contributed by atoms with Crippen molar-refractivity contribution in [1.82, 2.24) is 5.32 Å². The molecule has 132 valence electrons. The standard InChI is InChI=1S/C21H25ClN2O/c1-2-3-14-23-21(12-5-13-21)17-8-10-19(11-9-17)24-20(25)16-6-4-7-18(22)15-16/h4,6-11,15,23H,2-3,5,12-14H2,1H3,(H,24,25). The number of unbranched alkanes of at least 4 members (excludes halogenated alkanes) is 1. The third-order valence-corrected chi connectivity index (χ3v) is 5.22. The molecule has 0 bridgehead atoms. The van der Waals surface area contributed by atoms with Crippen LogP contribution in [0.2, 0.25) is 5.02 Å². The van der Waals surface area contributed by atoms with Crippen molar-refractivity contribution in [2.75, 3.05) is 11.9 Å². The largest absolute Gasteiger partial charge is 0.322 e. The second-order valence-corrected chi connectivity index (χ2v) is 7.19. The van der Waals surface area contributed by atoms with Crippen molar-refractivity contribution in [2.24, 2.45) is 0 Å². The Bertz CT molecular complexity index is 723. The second-order valence-electron chi connectivity index (χ2n) is 6.76. The lowest BCUT2D eigenvalue weighted by atomic mass is 9.71. The van der Waals surface area contributed by atoms with Crippen LogP contribution in [-0.4, -0.2) is 12.5 Å². The molecule has 2 N–H and O–H groups in total. The third-order valence-electron chi connectivity index (χ3n) is 4.98. The number of nitrogens with one attached hydrogen (secondary N) is 2. The lowest BCUT2D eigenvalue weighted by Gasteiger charge is -2.43. The maximum absolute atomic E-state index is 12.3. The van der Waals surface area contributed by atoms with E-state index in [-0.39, 0.29) is 11.4 Å². The number of carbonyl (C=O) groups excluding carboxylic acids is 1. The summed E-state index contributed by atoms with van der Waals surface area (Å²) in [7, 11) is 0. The van der Waals surface area contributed by atoms with E-state index in [1.807, 2.05) is 12.1 Å². The highest BCUT2D eigenvalue weighted by Crippen LogP contribution is 2.41. The molecule has 2 aromatic rings. The van der Waals surface area contributed by atoms with Crippen LogP contribution in [0.5, 0.6) is 0 Å². The van der Waals surface area contributed by atoms with E-state index in [2.05, 4.69) is 29.7 Å². The van der Waals surface area contributed by atoms with Crippen LogP contribution in [-0.2, 0) is 5.54 Å². The minimum atomic E-state index is -0.144. The molecule has 0 atom stereocenters. The zero-order valence-corrected chi connectivity index (χ0v) is 15.4. The van der Waals surface area contributed by atoms with Crippen LogP contribution in [0, 0.1) is 0 Å². The van der Waals surface area contributed by atoms with Gasteiger partial charge in [0.1, 0.15) is 0 Å². The van der Waals surface area contributed by atoms with Gasteiger partial charge in [0.15, 0.2) is 0 Å². The number of anilines is 1. The van der Waals surface area contributed by atoms with Crippen LogP contribution < -0.4 is 10.6 Å². The highest BCUT2D eigenvalue weighted by atomic mass is 35.5. The normalized spacial score (nSPS) is 15.4.